The van der Waals surface area contributed by atoms with Gasteiger partial charge in [-0.3, -0.25) is 9.59 Å². The number of hydrogen-bond acceptors (Lipinski definition) is 3. The van der Waals surface area contributed by atoms with E-state index in [1.807, 2.05) is 20.2 Å². The Morgan fingerprint density at radius 1 is 1.14 bits per heavy atom. The zero-order chi connectivity index (χ0) is 16.5. The van der Waals surface area contributed by atoms with E-state index in [0.717, 1.165) is 13.0 Å². The first-order chi connectivity index (χ1) is 10.4. The van der Waals surface area contributed by atoms with Crippen LogP contribution in [0.2, 0.25) is 5.02 Å². The fourth-order valence-electron chi connectivity index (χ4n) is 2.02. The van der Waals surface area contributed by atoms with Crippen LogP contribution in [0.3, 0.4) is 0 Å². The molecular formula is C16H24ClN3O2. The highest BCUT2D eigenvalue weighted by Crippen LogP contribution is 2.20. The number of carbonyl (C=O) groups is 2. The summed E-state index contributed by atoms with van der Waals surface area (Å²) in [6.45, 7) is 3.52. The second-order valence-corrected chi connectivity index (χ2v) is 5.85. The van der Waals surface area contributed by atoms with Crippen LogP contribution in [0.15, 0.2) is 24.3 Å². The van der Waals surface area contributed by atoms with Gasteiger partial charge in [0.05, 0.1) is 10.7 Å². The van der Waals surface area contributed by atoms with Gasteiger partial charge in [-0.05, 0) is 39.2 Å². The average Bonchev–Trinajstić information content (AvgIpc) is 2.44. The quantitative estimate of drug-likeness (QED) is 0.799. The average molecular weight is 326 g/mol. The van der Waals surface area contributed by atoms with Crippen LogP contribution in [0.1, 0.15) is 19.8 Å². The summed E-state index contributed by atoms with van der Waals surface area (Å²) in [6.07, 6.45) is 1.14. The number of nitrogens with one attached hydrogen (secondary N) is 1. The molecule has 0 bridgehead atoms. The Kier molecular flexibility index (Phi) is 7.91. The minimum Gasteiger partial charge on any atom is -0.342 e. The van der Waals surface area contributed by atoms with Gasteiger partial charge in [0.2, 0.25) is 11.8 Å². The predicted octanol–water partition coefficient (Wildman–Crippen LogP) is 2.47. The second kappa shape index (κ2) is 9.43. The van der Waals surface area contributed by atoms with Gasteiger partial charge in [-0.15, -0.1) is 0 Å². The third kappa shape index (κ3) is 6.91. The monoisotopic (exact) mass is 325 g/mol. The lowest BCUT2D eigenvalue weighted by Gasteiger charge is -2.21. The van der Waals surface area contributed by atoms with Gasteiger partial charge in [0.25, 0.3) is 0 Å². The smallest absolute Gasteiger partial charge is 0.226 e. The van der Waals surface area contributed by atoms with E-state index < -0.39 is 0 Å². The van der Waals surface area contributed by atoms with Gasteiger partial charge in [-0.1, -0.05) is 23.7 Å². The van der Waals surface area contributed by atoms with E-state index in [-0.39, 0.29) is 18.2 Å². The Morgan fingerprint density at radius 2 is 1.82 bits per heavy atom. The van der Waals surface area contributed by atoms with Gasteiger partial charge in [0.15, 0.2) is 0 Å². The molecule has 0 heterocycles. The molecule has 0 aliphatic carbocycles. The number of benzene rings is 1. The lowest BCUT2D eigenvalue weighted by atomic mass is 10.3. The first-order valence-corrected chi connectivity index (χ1v) is 7.72. The maximum atomic E-state index is 12.0. The summed E-state index contributed by atoms with van der Waals surface area (Å²) in [6, 6.07) is 7.09. The molecule has 1 aromatic carbocycles. The van der Waals surface area contributed by atoms with Crippen molar-refractivity contribution in [2.24, 2.45) is 0 Å². The van der Waals surface area contributed by atoms with E-state index >= 15 is 0 Å². The number of nitrogens with zero attached hydrogens (tertiary/aromatic N) is 2. The highest BCUT2D eigenvalue weighted by molar-refractivity contribution is 6.33. The molecule has 0 aliphatic heterocycles. The van der Waals surface area contributed by atoms with Gasteiger partial charge in [-0.25, -0.2) is 0 Å². The van der Waals surface area contributed by atoms with Crippen LogP contribution in [0, 0.1) is 0 Å². The topological polar surface area (TPSA) is 52.7 Å². The Hall–Kier alpha value is -1.59. The molecule has 0 saturated heterocycles. The van der Waals surface area contributed by atoms with Gasteiger partial charge in [0.1, 0.15) is 0 Å². The SMILES string of the molecule is CC(=O)N(CCCN(C)C)CCC(=O)Nc1ccccc1Cl. The van der Waals surface area contributed by atoms with Gasteiger partial charge >= 0.3 is 0 Å². The zero-order valence-electron chi connectivity index (χ0n) is 13.4. The normalized spacial score (nSPS) is 10.6. The van der Waals surface area contributed by atoms with Crippen molar-refractivity contribution in [3.8, 4) is 0 Å². The van der Waals surface area contributed by atoms with E-state index in [9.17, 15) is 9.59 Å². The molecule has 5 nitrogen and oxygen atoms in total. The summed E-state index contributed by atoms with van der Waals surface area (Å²) < 4.78 is 0. The van der Waals surface area contributed by atoms with Crippen molar-refractivity contribution in [2.45, 2.75) is 19.8 Å². The fourth-order valence-corrected chi connectivity index (χ4v) is 2.20. The molecule has 0 aromatic heterocycles. The van der Waals surface area contributed by atoms with E-state index in [0.29, 0.717) is 23.8 Å². The van der Waals surface area contributed by atoms with Crippen molar-refractivity contribution in [3.63, 3.8) is 0 Å². The van der Waals surface area contributed by atoms with Crippen molar-refractivity contribution < 1.29 is 9.59 Å². The van der Waals surface area contributed by atoms with Crippen LogP contribution in [0.5, 0.6) is 0 Å². The molecule has 0 fully saturated rings. The fraction of sp³-hybridized carbons (Fsp3) is 0.500. The molecule has 2 amide bonds. The van der Waals surface area contributed by atoms with E-state index in [1.54, 1.807) is 23.1 Å². The predicted molar refractivity (Wildman–Crippen MR) is 90.1 cm³/mol. The van der Waals surface area contributed by atoms with Crippen molar-refractivity contribution in [3.05, 3.63) is 29.3 Å². The Balaban J connectivity index is 2.42. The minimum atomic E-state index is -0.146. The van der Waals surface area contributed by atoms with Gasteiger partial charge < -0.3 is 15.1 Å². The summed E-state index contributed by atoms with van der Waals surface area (Å²) in [5.74, 6) is -0.156. The molecule has 0 atom stereocenters. The number of carbonyl (C=O) groups excluding carboxylic acids is 2. The molecule has 1 aromatic rings. The van der Waals surface area contributed by atoms with Crippen LogP contribution >= 0.6 is 11.6 Å². The highest BCUT2D eigenvalue weighted by atomic mass is 35.5. The Bertz CT molecular complexity index is 506. The molecule has 1 rings (SSSR count). The minimum absolute atomic E-state index is 0.00991. The van der Waals surface area contributed by atoms with Crippen LogP contribution in [0.25, 0.3) is 0 Å². The number of hydrogen-bond donors (Lipinski definition) is 1. The van der Waals surface area contributed by atoms with Crippen molar-refractivity contribution in [2.75, 3.05) is 39.0 Å². The first-order valence-electron chi connectivity index (χ1n) is 7.34. The molecule has 0 aliphatic rings. The molecule has 0 unspecified atom stereocenters. The molecule has 0 spiro atoms. The third-order valence-electron chi connectivity index (χ3n) is 3.24. The van der Waals surface area contributed by atoms with Crippen LogP contribution in [0.4, 0.5) is 5.69 Å². The Labute approximate surface area is 137 Å². The Morgan fingerprint density at radius 3 is 2.41 bits per heavy atom. The number of para-hydroxylation sites is 1. The summed E-state index contributed by atoms with van der Waals surface area (Å²) in [5, 5.41) is 3.27. The third-order valence-corrected chi connectivity index (χ3v) is 3.57. The summed E-state index contributed by atoms with van der Waals surface area (Å²) in [7, 11) is 3.99. The van der Waals surface area contributed by atoms with Crippen molar-refractivity contribution in [1.82, 2.24) is 9.80 Å². The van der Waals surface area contributed by atoms with E-state index in [1.165, 1.54) is 6.92 Å². The number of amides is 2. The largest absolute Gasteiger partial charge is 0.342 e. The summed E-state index contributed by atoms with van der Waals surface area (Å²) in [4.78, 5) is 27.3. The molecule has 122 valence electrons. The zero-order valence-corrected chi connectivity index (χ0v) is 14.2. The molecule has 0 saturated carbocycles. The lowest BCUT2D eigenvalue weighted by Crippen LogP contribution is -2.34. The number of halogens is 1. The maximum Gasteiger partial charge on any atom is 0.226 e. The van der Waals surface area contributed by atoms with Crippen molar-refractivity contribution in [1.29, 1.82) is 0 Å². The van der Waals surface area contributed by atoms with E-state index in [4.69, 9.17) is 11.6 Å². The lowest BCUT2D eigenvalue weighted by molar-refractivity contribution is -0.129. The number of anilines is 1. The molecule has 0 radical (unpaired) electrons. The standard InChI is InChI=1S/C16H24ClN3O2/c1-13(21)20(11-6-10-19(2)3)12-9-16(22)18-15-8-5-4-7-14(15)17/h4-5,7-8H,6,9-12H2,1-3H3,(H,18,22). The molecule has 22 heavy (non-hydrogen) atoms. The molecule has 6 heteroatoms. The van der Waals surface area contributed by atoms with Crippen molar-refractivity contribution >= 4 is 29.1 Å². The summed E-state index contributed by atoms with van der Waals surface area (Å²) >= 11 is 6.00. The van der Waals surface area contributed by atoms with Crippen LogP contribution in [-0.4, -0.2) is 55.3 Å². The first kappa shape index (κ1) is 18.5. The van der Waals surface area contributed by atoms with E-state index in [2.05, 4.69) is 10.2 Å². The number of rotatable bonds is 8. The van der Waals surface area contributed by atoms with Crippen LogP contribution in [-0.2, 0) is 9.59 Å². The molecular weight excluding hydrogens is 302 g/mol. The van der Waals surface area contributed by atoms with Gasteiger partial charge in [0, 0.05) is 26.4 Å². The molecule has 1 N–H and O–H groups in total. The maximum absolute atomic E-state index is 12.0. The second-order valence-electron chi connectivity index (χ2n) is 5.44. The van der Waals surface area contributed by atoms with Crippen LogP contribution < -0.4 is 5.32 Å². The highest BCUT2D eigenvalue weighted by Gasteiger charge is 2.12. The van der Waals surface area contributed by atoms with Gasteiger partial charge in [-0.2, -0.15) is 0 Å². The summed E-state index contributed by atoms with van der Waals surface area (Å²) in [5.41, 5.74) is 0.594.